The van der Waals surface area contributed by atoms with Gasteiger partial charge in [0.05, 0.1) is 11.4 Å². The summed E-state index contributed by atoms with van der Waals surface area (Å²) in [4.78, 5) is 0. The first-order chi connectivity index (χ1) is 8.15. The number of phenolic OH excluding ortho intramolecular Hbond substituents is 1. The van der Waals surface area contributed by atoms with E-state index in [9.17, 15) is 4.39 Å². The quantitative estimate of drug-likeness (QED) is 0.613. The number of hydrogen-bond acceptors (Lipinski definition) is 4. The molecule has 17 heavy (non-hydrogen) atoms. The molecule has 0 spiro atoms. The fraction of sp³-hybridized carbons (Fsp3) is 0. The Hall–Kier alpha value is -2.43. The number of nitrogens with zero attached hydrogens (tertiary/aromatic N) is 2. The van der Waals surface area contributed by atoms with E-state index in [1.54, 1.807) is 6.07 Å². The standard InChI is InChI=1S/C12H10FN3O/c13-8-1-3-9(4-2-8)15-16-12-6-5-10(17)7-11(12)14/h1-7,17H,14H2. The van der Waals surface area contributed by atoms with Crippen molar-refractivity contribution in [2.45, 2.75) is 0 Å². The highest BCUT2D eigenvalue weighted by Gasteiger charge is 1.98. The van der Waals surface area contributed by atoms with E-state index in [0.717, 1.165) is 0 Å². The number of azo groups is 1. The van der Waals surface area contributed by atoms with Gasteiger partial charge in [0.25, 0.3) is 0 Å². The van der Waals surface area contributed by atoms with Crippen LogP contribution in [0.15, 0.2) is 52.7 Å². The Morgan fingerprint density at radius 1 is 1.00 bits per heavy atom. The third kappa shape index (κ3) is 2.78. The van der Waals surface area contributed by atoms with Crippen LogP contribution in [0.25, 0.3) is 0 Å². The van der Waals surface area contributed by atoms with Gasteiger partial charge >= 0.3 is 0 Å². The monoisotopic (exact) mass is 231 g/mol. The molecular formula is C12H10FN3O. The average molecular weight is 231 g/mol. The summed E-state index contributed by atoms with van der Waals surface area (Å²) < 4.78 is 12.6. The van der Waals surface area contributed by atoms with Crippen LogP contribution in [0.5, 0.6) is 5.75 Å². The van der Waals surface area contributed by atoms with Gasteiger partial charge in [-0.1, -0.05) is 0 Å². The lowest BCUT2D eigenvalue weighted by molar-refractivity contribution is 0.475. The number of nitrogen functional groups attached to an aromatic ring is 1. The number of benzene rings is 2. The summed E-state index contributed by atoms with van der Waals surface area (Å²) in [5.74, 6) is -0.253. The van der Waals surface area contributed by atoms with Crippen molar-refractivity contribution in [1.29, 1.82) is 0 Å². The normalized spacial score (nSPS) is 10.9. The molecule has 4 nitrogen and oxygen atoms in total. The molecule has 5 heteroatoms. The Morgan fingerprint density at radius 3 is 2.35 bits per heavy atom. The molecule has 0 bridgehead atoms. The van der Waals surface area contributed by atoms with Crippen LogP contribution in [0.1, 0.15) is 0 Å². The minimum atomic E-state index is -0.326. The molecule has 0 radical (unpaired) electrons. The van der Waals surface area contributed by atoms with Crippen LogP contribution in [-0.4, -0.2) is 5.11 Å². The van der Waals surface area contributed by atoms with Crippen LogP contribution >= 0.6 is 0 Å². The highest BCUT2D eigenvalue weighted by molar-refractivity contribution is 5.64. The van der Waals surface area contributed by atoms with E-state index in [4.69, 9.17) is 10.8 Å². The first-order valence-corrected chi connectivity index (χ1v) is 4.91. The van der Waals surface area contributed by atoms with Crippen molar-refractivity contribution in [3.63, 3.8) is 0 Å². The first-order valence-electron chi connectivity index (χ1n) is 4.91. The van der Waals surface area contributed by atoms with Crippen LogP contribution in [-0.2, 0) is 0 Å². The smallest absolute Gasteiger partial charge is 0.123 e. The van der Waals surface area contributed by atoms with Crippen molar-refractivity contribution < 1.29 is 9.50 Å². The minimum absolute atomic E-state index is 0.0724. The molecule has 0 aliphatic carbocycles. The molecule has 0 saturated carbocycles. The van der Waals surface area contributed by atoms with Crippen molar-refractivity contribution in [3.05, 3.63) is 48.3 Å². The van der Waals surface area contributed by atoms with Crippen LogP contribution < -0.4 is 5.73 Å². The number of hydrogen-bond donors (Lipinski definition) is 2. The van der Waals surface area contributed by atoms with Crippen LogP contribution in [0.4, 0.5) is 21.5 Å². The largest absolute Gasteiger partial charge is 0.508 e. The van der Waals surface area contributed by atoms with Crippen LogP contribution in [0.3, 0.4) is 0 Å². The highest BCUT2D eigenvalue weighted by atomic mass is 19.1. The first kappa shape index (κ1) is 11.1. The summed E-state index contributed by atoms with van der Waals surface area (Å²) >= 11 is 0. The maximum Gasteiger partial charge on any atom is 0.123 e. The zero-order valence-corrected chi connectivity index (χ0v) is 8.84. The van der Waals surface area contributed by atoms with E-state index >= 15 is 0 Å². The summed E-state index contributed by atoms with van der Waals surface area (Å²) in [6, 6.07) is 10.0. The molecule has 2 aromatic carbocycles. The van der Waals surface area contributed by atoms with E-state index in [2.05, 4.69) is 10.2 Å². The number of phenols is 1. The number of anilines is 1. The van der Waals surface area contributed by atoms with Crippen molar-refractivity contribution in [2.75, 3.05) is 5.73 Å². The molecule has 0 aromatic heterocycles. The van der Waals surface area contributed by atoms with E-state index in [0.29, 0.717) is 17.1 Å². The van der Waals surface area contributed by atoms with Gasteiger partial charge < -0.3 is 10.8 Å². The summed E-state index contributed by atoms with van der Waals surface area (Å²) in [5, 5.41) is 17.0. The topological polar surface area (TPSA) is 71.0 Å². The number of nitrogens with two attached hydrogens (primary N) is 1. The fourth-order valence-electron chi connectivity index (χ4n) is 1.25. The molecule has 0 amide bonds. The second-order valence-electron chi connectivity index (χ2n) is 3.42. The molecule has 2 rings (SSSR count). The number of halogens is 1. The molecule has 0 saturated heterocycles. The highest BCUT2D eigenvalue weighted by Crippen LogP contribution is 2.27. The average Bonchev–Trinajstić information content (AvgIpc) is 2.30. The fourth-order valence-corrected chi connectivity index (χ4v) is 1.25. The third-order valence-corrected chi connectivity index (χ3v) is 2.11. The second-order valence-corrected chi connectivity index (χ2v) is 3.42. The van der Waals surface area contributed by atoms with Crippen LogP contribution in [0, 0.1) is 5.82 Å². The molecule has 86 valence electrons. The molecule has 0 aliphatic heterocycles. The van der Waals surface area contributed by atoms with Gasteiger partial charge in [-0.15, -0.1) is 5.11 Å². The Balaban J connectivity index is 2.23. The molecule has 0 heterocycles. The molecule has 0 fully saturated rings. The summed E-state index contributed by atoms with van der Waals surface area (Å²) in [6.45, 7) is 0. The zero-order valence-electron chi connectivity index (χ0n) is 8.84. The predicted molar refractivity (Wildman–Crippen MR) is 63.1 cm³/mol. The third-order valence-electron chi connectivity index (χ3n) is 2.11. The van der Waals surface area contributed by atoms with Crippen molar-refractivity contribution in [3.8, 4) is 5.75 Å². The maximum atomic E-state index is 12.6. The molecule has 3 N–H and O–H groups in total. The number of aromatic hydroxyl groups is 1. The van der Waals surface area contributed by atoms with Gasteiger partial charge in [-0.25, -0.2) is 4.39 Å². The van der Waals surface area contributed by atoms with Gasteiger partial charge in [-0.3, -0.25) is 0 Å². The van der Waals surface area contributed by atoms with Crippen molar-refractivity contribution in [2.24, 2.45) is 10.2 Å². The van der Waals surface area contributed by atoms with Gasteiger partial charge in [0.15, 0.2) is 0 Å². The summed E-state index contributed by atoms with van der Waals surface area (Å²) in [7, 11) is 0. The Labute approximate surface area is 97.2 Å². The molecule has 2 aromatic rings. The minimum Gasteiger partial charge on any atom is -0.508 e. The molecule has 0 aliphatic rings. The Bertz CT molecular complexity index is 552. The van der Waals surface area contributed by atoms with Gasteiger partial charge in [0.1, 0.15) is 17.3 Å². The molecule has 0 atom stereocenters. The SMILES string of the molecule is Nc1cc(O)ccc1N=Nc1ccc(F)cc1. The lowest BCUT2D eigenvalue weighted by atomic mass is 10.2. The van der Waals surface area contributed by atoms with Gasteiger partial charge in [-0.05, 0) is 36.4 Å². The van der Waals surface area contributed by atoms with E-state index in [-0.39, 0.29) is 11.6 Å². The van der Waals surface area contributed by atoms with Crippen molar-refractivity contribution in [1.82, 2.24) is 0 Å². The zero-order chi connectivity index (χ0) is 12.3. The molecule has 0 unspecified atom stereocenters. The molecular weight excluding hydrogens is 221 g/mol. The Kier molecular flexibility index (Phi) is 3.00. The number of rotatable bonds is 2. The van der Waals surface area contributed by atoms with E-state index < -0.39 is 0 Å². The van der Waals surface area contributed by atoms with E-state index in [1.807, 2.05) is 0 Å². The van der Waals surface area contributed by atoms with Crippen molar-refractivity contribution >= 4 is 17.1 Å². The second kappa shape index (κ2) is 4.61. The van der Waals surface area contributed by atoms with Crippen LogP contribution in [0.2, 0.25) is 0 Å². The van der Waals surface area contributed by atoms with Gasteiger partial charge in [-0.2, -0.15) is 5.11 Å². The predicted octanol–water partition coefficient (Wildman–Crippen LogP) is 3.53. The lowest BCUT2D eigenvalue weighted by Crippen LogP contribution is -1.83. The van der Waals surface area contributed by atoms with Gasteiger partial charge in [0.2, 0.25) is 0 Å². The lowest BCUT2D eigenvalue weighted by Gasteiger charge is -1.99. The summed E-state index contributed by atoms with van der Waals surface area (Å²) in [5.41, 5.74) is 6.94. The Morgan fingerprint density at radius 2 is 1.71 bits per heavy atom. The van der Waals surface area contributed by atoms with Gasteiger partial charge in [0, 0.05) is 6.07 Å². The van der Waals surface area contributed by atoms with E-state index in [1.165, 1.54) is 36.4 Å². The maximum absolute atomic E-state index is 12.6. The summed E-state index contributed by atoms with van der Waals surface area (Å²) in [6.07, 6.45) is 0.